The highest BCUT2D eigenvalue weighted by molar-refractivity contribution is 5.88. The van der Waals surface area contributed by atoms with Gasteiger partial charge in [0, 0.05) is 42.1 Å². The molecule has 16 heteroatoms. The number of rotatable bonds is 5. The summed E-state index contributed by atoms with van der Waals surface area (Å²) in [5, 5.41) is 38.5. The van der Waals surface area contributed by atoms with Gasteiger partial charge in [-0.1, -0.05) is 13.0 Å². The number of carbonyl (C=O) groups excluding carboxylic acids is 4. The molecule has 8 rings (SSSR count). The normalized spacial score (nSPS) is 53.9. The lowest BCUT2D eigenvalue weighted by Crippen LogP contribution is -2.86. The Bertz CT molecular complexity index is 1660. The number of aliphatic hydroxyl groups is 3. The van der Waals surface area contributed by atoms with Crippen molar-refractivity contribution in [3.63, 3.8) is 0 Å². The molecule has 0 aromatic rings. The molecule has 5 aliphatic heterocycles. The smallest absolute Gasteiger partial charge is 0.366 e. The molecule has 7 fully saturated rings. The number of allylic oxidation sites excluding steroid dienone is 1. The topological polar surface area (TPSA) is 212 Å². The van der Waals surface area contributed by atoms with Crippen molar-refractivity contribution in [2.75, 3.05) is 27.4 Å². The van der Waals surface area contributed by atoms with Crippen molar-refractivity contribution in [3.8, 4) is 0 Å². The van der Waals surface area contributed by atoms with Gasteiger partial charge in [-0.15, -0.1) is 0 Å². The predicted molar refractivity (Wildman–Crippen MR) is 164 cm³/mol. The van der Waals surface area contributed by atoms with Crippen LogP contribution in [0.15, 0.2) is 24.0 Å². The first kappa shape index (κ1) is 34.9. The summed E-state index contributed by atoms with van der Waals surface area (Å²) in [7, 11) is 2.30. The van der Waals surface area contributed by atoms with E-state index in [1.165, 1.54) is 33.3 Å². The van der Waals surface area contributed by atoms with Crippen LogP contribution in [0.5, 0.6) is 0 Å². The Morgan fingerprint density at radius 3 is 2.31 bits per heavy atom. The highest BCUT2D eigenvalue weighted by atomic mass is 16.8. The monoisotopic (exact) mass is 720 g/mol. The van der Waals surface area contributed by atoms with Gasteiger partial charge in [0.15, 0.2) is 5.60 Å². The molecule has 0 spiro atoms. The zero-order valence-corrected chi connectivity index (χ0v) is 29.4. The van der Waals surface area contributed by atoms with E-state index in [-0.39, 0.29) is 25.0 Å². The average molecular weight is 721 g/mol. The Kier molecular flexibility index (Phi) is 7.20. The van der Waals surface area contributed by atoms with Crippen LogP contribution < -0.4 is 0 Å². The minimum Gasteiger partial charge on any atom is -0.469 e. The van der Waals surface area contributed by atoms with Crippen LogP contribution in [0.2, 0.25) is 0 Å². The van der Waals surface area contributed by atoms with E-state index in [1.807, 2.05) is 0 Å². The van der Waals surface area contributed by atoms with Crippen LogP contribution in [0, 0.1) is 34.0 Å². The van der Waals surface area contributed by atoms with Crippen molar-refractivity contribution >= 4 is 23.9 Å². The van der Waals surface area contributed by atoms with Crippen molar-refractivity contribution in [1.29, 1.82) is 0 Å². The number of hydrogen-bond donors (Lipinski definition) is 3. The molecule has 3 aliphatic carbocycles. The summed E-state index contributed by atoms with van der Waals surface area (Å²) >= 11 is 0. The number of aliphatic hydroxyl groups excluding tert-OH is 1. The minimum atomic E-state index is -2.41. The predicted octanol–water partition coefficient (Wildman–Crippen LogP) is -0.203. The van der Waals surface area contributed by atoms with Gasteiger partial charge in [0.2, 0.25) is 6.29 Å². The summed E-state index contributed by atoms with van der Waals surface area (Å²) in [4.78, 5) is 54.8. The molecule has 3 N–H and O–H groups in total. The molecule has 4 bridgehead atoms. The Hall–Kier alpha value is -3.12. The number of hydrogen-bond acceptors (Lipinski definition) is 16. The van der Waals surface area contributed by atoms with E-state index in [2.05, 4.69) is 0 Å². The van der Waals surface area contributed by atoms with E-state index in [0.717, 1.165) is 7.11 Å². The lowest BCUT2D eigenvalue weighted by Gasteiger charge is -2.71. The van der Waals surface area contributed by atoms with Gasteiger partial charge in [0.05, 0.1) is 57.4 Å². The van der Waals surface area contributed by atoms with Crippen LogP contribution in [0.1, 0.15) is 47.5 Å². The Morgan fingerprint density at radius 2 is 1.67 bits per heavy atom. The first-order chi connectivity index (χ1) is 23.9. The molecule has 5 heterocycles. The average Bonchev–Trinajstić information content (AvgIpc) is 3.83. The summed E-state index contributed by atoms with van der Waals surface area (Å²) in [5.74, 6) is -9.30. The lowest BCUT2D eigenvalue weighted by molar-refractivity contribution is -0.410. The first-order valence-corrected chi connectivity index (χ1v) is 17.2. The third-order valence-corrected chi connectivity index (χ3v) is 14.2. The number of fused-ring (bicyclic) bond motifs is 7. The fraction of sp³-hybridized carbons (Fsp3) is 0.771. The summed E-state index contributed by atoms with van der Waals surface area (Å²) in [6, 6.07) is 0. The molecule has 4 saturated heterocycles. The molecule has 0 amide bonds. The molecule has 51 heavy (non-hydrogen) atoms. The third kappa shape index (κ3) is 3.56. The van der Waals surface area contributed by atoms with Crippen molar-refractivity contribution < 1.29 is 77.1 Å². The number of ether oxygens (including phenoxy) is 9. The van der Waals surface area contributed by atoms with Crippen LogP contribution in [0.25, 0.3) is 0 Å². The van der Waals surface area contributed by atoms with Crippen molar-refractivity contribution in [1.82, 2.24) is 0 Å². The maximum absolute atomic E-state index is 14.4. The quantitative estimate of drug-likeness (QED) is 0.191. The SMILES string of the molecule is C/C=C(\C)C(=O)O[C@H]1C[C@@H](OC(C)=O)[C@@]2(C(=O)OC)CO[C@@H]3C2[C@@]1(C)[C@H]1[C@@]2(C(=O)OC)OC[C@]1([C@@H]3O)[C@]1(O)[C@@H]3C[C@@H]([C@@]4(O)C=CO[C@H]4O3)[C@]1(C)O2. The molecule has 0 radical (unpaired) electrons. The standard InChI is InChI=1S/C35H44O16/c1-8-15(2)24(38)49-18-12-19(48-16(3)36)31(26(39)43-6)13-46-21-22(31)29(18,4)25-32(23(21)37)14-47-34(25,27(40)44-7)51-30(5)17-11-20(35(30,32)42)50-28-33(17,41)9-10-45-28/h8-10,17-23,25,28,37,41-42H,11-14H2,1-7H3/b15-8+/t17-,18+,19-,20+,21-,22?,23-,25-,28+,29+,30+,31+,32-,33+,34-,35+/m1/s1. The van der Waals surface area contributed by atoms with Crippen molar-refractivity contribution in [3.05, 3.63) is 24.0 Å². The molecule has 0 aromatic heterocycles. The lowest BCUT2D eigenvalue weighted by atomic mass is 9.35. The second kappa shape index (κ2) is 10.5. The zero-order chi connectivity index (χ0) is 36.9. The molecule has 3 saturated carbocycles. The molecule has 16 nitrogen and oxygen atoms in total. The molecule has 8 aliphatic rings. The zero-order valence-electron chi connectivity index (χ0n) is 29.4. The molecule has 280 valence electrons. The fourth-order valence-corrected chi connectivity index (χ4v) is 12.2. The second-order valence-corrected chi connectivity index (χ2v) is 15.8. The fourth-order valence-electron chi connectivity index (χ4n) is 12.2. The Labute approximate surface area is 293 Å². The largest absolute Gasteiger partial charge is 0.469 e. The van der Waals surface area contributed by atoms with E-state index in [1.54, 1.807) is 26.8 Å². The van der Waals surface area contributed by atoms with Crippen molar-refractivity contribution in [2.24, 2.45) is 34.0 Å². The summed E-state index contributed by atoms with van der Waals surface area (Å²) in [6.45, 7) is 6.71. The minimum absolute atomic E-state index is 0.0251. The molecular formula is C35H44O16. The number of methoxy groups -OCH3 is 2. The van der Waals surface area contributed by atoms with Crippen LogP contribution in [-0.4, -0.2) is 126 Å². The van der Waals surface area contributed by atoms with Gasteiger partial charge in [-0.2, -0.15) is 0 Å². The van der Waals surface area contributed by atoms with E-state index in [4.69, 9.17) is 42.6 Å². The van der Waals surface area contributed by atoms with Gasteiger partial charge in [0.25, 0.3) is 5.79 Å². The first-order valence-electron chi connectivity index (χ1n) is 17.2. The van der Waals surface area contributed by atoms with Gasteiger partial charge in [-0.05, 0) is 33.3 Å². The van der Waals surface area contributed by atoms with Gasteiger partial charge in [-0.25, -0.2) is 9.59 Å². The summed E-state index contributed by atoms with van der Waals surface area (Å²) < 4.78 is 54.5. The van der Waals surface area contributed by atoms with E-state index < -0.39 is 124 Å². The summed E-state index contributed by atoms with van der Waals surface area (Å²) in [6.07, 6.45) is -3.94. The number of esters is 4. The van der Waals surface area contributed by atoms with Crippen LogP contribution in [-0.2, 0) is 61.8 Å². The van der Waals surface area contributed by atoms with Gasteiger partial charge in [0.1, 0.15) is 28.8 Å². The second-order valence-electron chi connectivity index (χ2n) is 15.8. The van der Waals surface area contributed by atoms with Gasteiger partial charge >= 0.3 is 23.9 Å². The highest BCUT2D eigenvalue weighted by Gasteiger charge is 2.96. The Morgan fingerprint density at radius 1 is 0.961 bits per heavy atom. The van der Waals surface area contributed by atoms with E-state index in [0.29, 0.717) is 0 Å². The van der Waals surface area contributed by atoms with Gasteiger partial charge < -0.3 is 58.0 Å². The maximum atomic E-state index is 14.4. The van der Waals surface area contributed by atoms with Crippen LogP contribution in [0.4, 0.5) is 0 Å². The Balaban J connectivity index is 1.42. The van der Waals surface area contributed by atoms with Crippen LogP contribution >= 0.6 is 0 Å². The number of carbonyl (C=O) groups is 4. The molecule has 16 atom stereocenters. The van der Waals surface area contributed by atoms with Gasteiger partial charge in [-0.3, -0.25) is 9.59 Å². The van der Waals surface area contributed by atoms with E-state index >= 15 is 0 Å². The molecule has 0 aromatic carbocycles. The maximum Gasteiger partial charge on any atom is 0.366 e. The summed E-state index contributed by atoms with van der Waals surface area (Å²) in [5.41, 5.74) is -11.0. The molecule has 1 unspecified atom stereocenters. The van der Waals surface area contributed by atoms with E-state index in [9.17, 15) is 34.5 Å². The molecular weight excluding hydrogens is 676 g/mol. The third-order valence-electron chi connectivity index (χ3n) is 14.2. The van der Waals surface area contributed by atoms with Crippen LogP contribution in [0.3, 0.4) is 0 Å². The van der Waals surface area contributed by atoms with Crippen molar-refractivity contribution in [2.45, 2.75) is 107 Å². The highest BCUT2D eigenvalue weighted by Crippen LogP contribution is 2.81.